The van der Waals surface area contributed by atoms with Crippen LogP contribution < -0.4 is 21.7 Å². The van der Waals surface area contributed by atoms with Gasteiger partial charge < -0.3 is 26.8 Å². The second-order valence-electron chi connectivity index (χ2n) is 10.1. The van der Waals surface area contributed by atoms with E-state index in [2.05, 4.69) is 73.0 Å². The molecule has 1 unspecified atom stereocenters. The van der Waals surface area contributed by atoms with Crippen LogP contribution in [0.3, 0.4) is 0 Å². The van der Waals surface area contributed by atoms with Gasteiger partial charge in [0.15, 0.2) is 0 Å². The first-order valence-corrected chi connectivity index (χ1v) is 18.9. The largest absolute Gasteiger partial charge is 0.507 e. The second kappa shape index (κ2) is 14.8. The van der Waals surface area contributed by atoms with E-state index in [0.717, 1.165) is 18.2 Å². The number of rotatable bonds is 11. The molecule has 0 spiro atoms. The lowest BCUT2D eigenvalue weighted by atomic mass is 10.1. The van der Waals surface area contributed by atoms with Crippen LogP contribution in [0.4, 0.5) is 46.0 Å². The number of carbonyl (C=O) groups is 1. The summed E-state index contributed by atoms with van der Waals surface area (Å²) in [5, 5.41) is 27.3. The fourth-order valence-electron chi connectivity index (χ4n) is 4.33. The molecule has 1 amide bonds. The summed E-state index contributed by atoms with van der Waals surface area (Å²) in [6.45, 7) is 0. The van der Waals surface area contributed by atoms with Gasteiger partial charge in [0.1, 0.15) is 21.2 Å². The third-order valence-corrected chi connectivity index (χ3v) is 10.7. The molecule has 0 aliphatic carbocycles. The number of azo groups is 1. The minimum atomic E-state index is -4.94. The minimum Gasteiger partial charge on any atom is -0.507 e. The van der Waals surface area contributed by atoms with Crippen LogP contribution in [0.5, 0.6) is 5.75 Å². The molecule has 0 saturated carbocycles. The van der Waals surface area contributed by atoms with Gasteiger partial charge in [0, 0.05) is 28.5 Å². The van der Waals surface area contributed by atoms with E-state index in [1.807, 2.05) is 0 Å². The molecule has 0 fully saturated rings. The number of fused-ring (bicyclic) bond motifs is 1. The van der Waals surface area contributed by atoms with Crippen molar-refractivity contribution in [3.05, 3.63) is 72.0 Å². The van der Waals surface area contributed by atoms with Crippen molar-refractivity contribution in [3.8, 4) is 5.75 Å². The summed E-state index contributed by atoms with van der Waals surface area (Å²) in [5.74, 6) is -0.767. The molecule has 5 aromatic rings. The molecule has 1 heterocycles. The number of hydrogen-bond acceptors (Lipinski definition) is 14. The zero-order chi connectivity index (χ0) is 36.4. The van der Waals surface area contributed by atoms with Gasteiger partial charge in [-0.3, -0.25) is 13.9 Å². The zero-order valence-corrected chi connectivity index (χ0v) is 30.3. The van der Waals surface area contributed by atoms with Crippen LogP contribution >= 0.6 is 43.5 Å². The molecule has 4 aromatic carbocycles. The molecule has 17 nitrogen and oxygen atoms in total. The molecule has 0 bridgehead atoms. The van der Waals surface area contributed by atoms with Crippen molar-refractivity contribution in [1.82, 2.24) is 15.0 Å². The van der Waals surface area contributed by atoms with Gasteiger partial charge >= 0.3 is 0 Å². The first kappa shape index (κ1) is 36.8. The van der Waals surface area contributed by atoms with Crippen LogP contribution in [0.1, 0.15) is 0 Å². The highest BCUT2D eigenvalue weighted by Gasteiger charge is 2.24. The number of nitrogens with zero attached hydrogens (tertiary/aromatic N) is 5. The van der Waals surface area contributed by atoms with Gasteiger partial charge in [0.25, 0.3) is 20.2 Å². The van der Waals surface area contributed by atoms with Crippen molar-refractivity contribution in [2.24, 2.45) is 10.2 Å². The predicted octanol–water partition coefficient (Wildman–Crippen LogP) is 6.46. The summed E-state index contributed by atoms with van der Waals surface area (Å²) < 4.78 is 66.5. The number of anilines is 6. The Bertz CT molecular complexity index is 2390. The Hall–Kier alpha value is -4.51. The number of nitrogens with one attached hydrogen (secondary N) is 3. The highest BCUT2D eigenvalue weighted by Crippen LogP contribution is 2.43. The SMILES string of the molecule is Nc1c(S(=O)(=O)O)cc2cc(S(=O)(=O)O)cc(O)c2c1N=Nc1ccc(Nc2nc(Cl)nc(Nc3cccc(NC(=O)C(Br)CBr)c3)n2)cc1. The van der Waals surface area contributed by atoms with Crippen LogP contribution in [0.2, 0.25) is 5.28 Å². The standard InChI is InChI=1S/C28H22Br2ClN9O8S2/c29-12-19(30)25(42)33-16-2-1-3-17(10-16)35-28-37-26(31)36-27(38-28)34-14-4-6-15(7-5-14)39-40-24-22-13(9-21(23(24)32)50(46,47)48)8-18(11-20(22)41)49(43,44)45/h1-11,19,41H,12,32H2,(H,33,42)(H,43,44,45)(H,46,47,48)(H2,34,35,36,37,38). The third-order valence-electron chi connectivity index (χ3n) is 6.54. The second-order valence-corrected chi connectivity index (χ2v) is 15.0. The van der Waals surface area contributed by atoms with E-state index >= 15 is 0 Å². The van der Waals surface area contributed by atoms with Crippen molar-refractivity contribution in [1.29, 1.82) is 0 Å². The molecule has 50 heavy (non-hydrogen) atoms. The average molecular weight is 872 g/mol. The van der Waals surface area contributed by atoms with E-state index in [0.29, 0.717) is 22.4 Å². The first-order chi connectivity index (χ1) is 23.5. The molecule has 1 aromatic heterocycles. The highest BCUT2D eigenvalue weighted by molar-refractivity contribution is 9.12. The maximum atomic E-state index is 12.2. The van der Waals surface area contributed by atoms with Crippen LogP contribution in [-0.2, 0) is 25.0 Å². The summed E-state index contributed by atoms with van der Waals surface area (Å²) in [6.07, 6.45) is 0. The van der Waals surface area contributed by atoms with Gasteiger partial charge in [-0.25, -0.2) is 0 Å². The highest BCUT2D eigenvalue weighted by atomic mass is 79.9. The van der Waals surface area contributed by atoms with Crippen molar-refractivity contribution in [2.75, 3.05) is 27.0 Å². The maximum Gasteiger partial charge on any atom is 0.296 e. The molecule has 8 N–H and O–H groups in total. The fraction of sp³-hybridized carbons (Fsp3) is 0.0714. The Kier molecular flexibility index (Phi) is 10.9. The molecular weight excluding hydrogens is 850 g/mol. The zero-order valence-electron chi connectivity index (χ0n) is 24.8. The first-order valence-electron chi connectivity index (χ1n) is 13.6. The molecule has 22 heteroatoms. The number of nitrogens with two attached hydrogens (primary N) is 1. The summed E-state index contributed by atoms with van der Waals surface area (Å²) in [5.41, 5.74) is 6.80. The molecule has 1 atom stereocenters. The summed E-state index contributed by atoms with van der Waals surface area (Å²) in [6, 6.07) is 15.4. The molecule has 0 aliphatic rings. The minimum absolute atomic E-state index is 0.0757. The lowest BCUT2D eigenvalue weighted by Crippen LogP contribution is -2.23. The Morgan fingerprint density at radius 3 is 2.14 bits per heavy atom. The number of halogens is 3. The normalized spacial score (nSPS) is 12.6. The van der Waals surface area contributed by atoms with Crippen molar-refractivity contribution in [3.63, 3.8) is 0 Å². The number of alkyl halides is 2. The maximum absolute atomic E-state index is 12.2. The van der Waals surface area contributed by atoms with E-state index < -0.39 is 52.0 Å². The molecule has 0 radical (unpaired) electrons. The predicted molar refractivity (Wildman–Crippen MR) is 193 cm³/mol. The van der Waals surface area contributed by atoms with Gasteiger partial charge in [-0.05, 0) is 71.6 Å². The Labute approximate surface area is 305 Å². The molecule has 0 saturated heterocycles. The monoisotopic (exact) mass is 869 g/mol. The van der Waals surface area contributed by atoms with E-state index in [-0.39, 0.29) is 39.5 Å². The summed E-state index contributed by atoms with van der Waals surface area (Å²) in [7, 11) is -9.74. The molecule has 5 rings (SSSR count). The number of phenols is 1. The number of hydrogen-bond donors (Lipinski definition) is 7. The van der Waals surface area contributed by atoms with Crippen LogP contribution in [0.25, 0.3) is 10.8 Å². The van der Waals surface area contributed by atoms with Gasteiger partial charge in [-0.15, -0.1) is 5.11 Å². The Morgan fingerprint density at radius 2 is 1.52 bits per heavy atom. The van der Waals surface area contributed by atoms with Crippen LogP contribution in [-0.4, -0.2) is 62.1 Å². The van der Waals surface area contributed by atoms with Gasteiger partial charge in [0.05, 0.1) is 21.7 Å². The number of benzene rings is 4. The topological polar surface area (TPSA) is 272 Å². The van der Waals surface area contributed by atoms with Gasteiger partial charge in [-0.2, -0.15) is 36.9 Å². The van der Waals surface area contributed by atoms with Crippen LogP contribution in [0, 0.1) is 0 Å². The van der Waals surface area contributed by atoms with E-state index in [1.165, 1.54) is 12.1 Å². The van der Waals surface area contributed by atoms with E-state index in [1.54, 1.807) is 36.4 Å². The van der Waals surface area contributed by atoms with Crippen molar-refractivity contribution in [2.45, 2.75) is 14.6 Å². The van der Waals surface area contributed by atoms with Crippen molar-refractivity contribution >= 4 is 126 Å². The van der Waals surface area contributed by atoms with Gasteiger partial charge in [-0.1, -0.05) is 37.9 Å². The Morgan fingerprint density at radius 1 is 0.880 bits per heavy atom. The van der Waals surface area contributed by atoms with Gasteiger partial charge in [0.2, 0.25) is 23.1 Å². The van der Waals surface area contributed by atoms with E-state index in [4.69, 9.17) is 17.3 Å². The average Bonchev–Trinajstić information content (AvgIpc) is 3.03. The number of carbonyl (C=O) groups excluding carboxylic acids is 1. The van der Waals surface area contributed by atoms with E-state index in [9.17, 15) is 35.8 Å². The molecular formula is C28H22Br2ClN9O8S2. The quantitative estimate of drug-likeness (QED) is 0.0325. The lowest BCUT2D eigenvalue weighted by molar-refractivity contribution is -0.115. The number of phenolic OH excluding ortho intramolecular Hbond substituents is 1. The van der Waals surface area contributed by atoms with Crippen LogP contribution in [0.15, 0.2) is 86.7 Å². The summed E-state index contributed by atoms with van der Waals surface area (Å²) in [4.78, 5) is 22.7. The molecule has 260 valence electrons. The number of nitrogen functional groups attached to an aromatic ring is 1. The van der Waals surface area contributed by atoms with Crippen molar-refractivity contribution < 1.29 is 35.8 Å². The smallest absolute Gasteiger partial charge is 0.296 e. The Balaban J connectivity index is 1.37. The third kappa shape index (κ3) is 8.79. The molecule has 0 aliphatic heterocycles. The number of aromatic hydroxyl groups is 1. The number of amides is 1. The number of aromatic nitrogens is 3. The fourth-order valence-corrected chi connectivity index (χ4v) is 6.09. The lowest BCUT2D eigenvalue weighted by Gasteiger charge is -2.12. The summed E-state index contributed by atoms with van der Waals surface area (Å²) >= 11 is 12.6.